The molecule has 0 radical (unpaired) electrons. The molecule has 0 spiro atoms. The lowest BCUT2D eigenvalue weighted by molar-refractivity contribution is 0.454. The Morgan fingerprint density at radius 3 is 2.06 bits per heavy atom. The maximum absolute atomic E-state index is 15.5. The smallest absolute Gasteiger partial charge is 0.186 e. The lowest BCUT2D eigenvalue weighted by Crippen LogP contribution is -2.09. The van der Waals surface area contributed by atoms with Crippen LogP contribution in [0.4, 0.5) is 17.6 Å². The molecule has 0 N–H and O–H groups in total. The third-order valence-corrected chi connectivity index (χ3v) is 5.89. The summed E-state index contributed by atoms with van der Waals surface area (Å²) in [6.07, 6.45) is 5.90. The Bertz CT molecular complexity index is 1680. The molecule has 0 amide bonds. The number of nitrogens with zero attached hydrogens (tertiary/aromatic N) is 3. The van der Waals surface area contributed by atoms with Gasteiger partial charge < -0.3 is 4.57 Å². The summed E-state index contributed by atoms with van der Waals surface area (Å²) in [5.74, 6) is -5.89. The minimum Gasteiger partial charge on any atom is -0.304 e. The highest BCUT2D eigenvalue weighted by molar-refractivity contribution is 6.21. The summed E-state index contributed by atoms with van der Waals surface area (Å²) in [5, 5.41) is 3.02. The second-order valence-corrected chi connectivity index (χ2v) is 7.62. The molecule has 0 fully saturated rings. The summed E-state index contributed by atoms with van der Waals surface area (Å²) in [6, 6.07) is 14.8. The van der Waals surface area contributed by atoms with Crippen LogP contribution in [0, 0.1) is 23.3 Å². The van der Waals surface area contributed by atoms with Gasteiger partial charge in [-0.15, -0.1) is 0 Å². The number of rotatable bonds is 2. The zero-order valence-electron chi connectivity index (χ0n) is 16.9. The van der Waals surface area contributed by atoms with Crippen molar-refractivity contribution in [3.63, 3.8) is 0 Å². The molecule has 0 unspecified atom stereocenters. The van der Waals surface area contributed by atoms with E-state index in [4.69, 9.17) is 0 Å². The van der Waals surface area contributed by atoms with Crippen LogP contribution in [0.2, 0.25) is 0 Å². The Kier molecular flexibility index (Phi) is 4.20. The first-order valence-electron chi connectivity index (χ1n) is 10.1. The molecule has 3 aromatic carbocycles. The standard InChI is InChI=1S/C26H13F4N3/c27-22-20(15-8-10-31-11-9-15)23(28)25(30)26(24(22)29)33-18-4-2-1-3-16(18)21-17-13-32-12-7-14(17)5-6-19(21)33/h1-13H. The van der Waals surface area contributed by atoms with Crippen LogP contribution in [-0.2, 0) is 0 Å². The van der Waals surface area contributed by atoms with E-state index in [2.05, 4.69) is 9.97 Å². The Morgan fingerprint density at radius 1 is 0.606 bits per heavy atom. The van der Waals surface area contributed by atoms with E-state index in [-0.39, 0.29) is 5.56 Å². The van der Waals surface area contributed by atoms with Crippen molar-refractivity contribution in [2.24, 2.45) is 0 Å². The largest absolute Gasteiger partial charge is 0.304 e. The normalized spacial score (nSPS) is 11.6. The average molecular weight is 443 g/mol. The average Bonchev–Trinajstić information content (AvgIpc) is 3.19. The summed E-state index contributed by atoms with van der Waals surface area (Å²) < 4.78 is 62.6. The Balaban J connectivity index is 1.78. The van der Waals surface area contributed by atoms with Crippen molar-refractivity contribution in [2.75, 3.05) is 0 Å². The van der Waals surface area contributed by atoms with Gasteiger partial charge in [-0.1, -0.05) is 24.3 Å². The number of para-hydroxylation sites is 1. The minimum atomic E-state index is -1.48. The first-order valence-corrected chi connectivity index (χ1v) is 10.1. The zero-order chi connectivity index (χ0) is 22.7. The molecule has 0 aliphatic carbocycles. The van der Waals surface area contributed by atoms with Crippen LogP contribution in [0.5, 0.6) is 0 Å². The highest BCUT2D eigenvalue weighted by Gasteiger charge is 2.29. The SMILES string of the molecule is Fc1c(F)c(-n2c3ccccc3c3c4cnccc4ccc32)c(F)c(F)c1-c1ccncc1. The van der Waals surface area contributed by atoms with Gasteiger partial charge in [0.05, 0.1) is 16.6 Å². The first-order chi connectivity index (χ1) is 16.1. The number of halogens is 4. The van der Waals surface area contributed by atoms with Crippen molar-refractivity contribution in [1.82, 2.24) is 14.5 Å². The van der Waals surface area contributed by atoms with Gasteiger partial charge in [0.15, 0.2) is 23.3 Å². The van der Waals surface area contributed by atoms with E-state index >= 15 is 17.6 Å². The van der Waals surface area contributed by atoms with Crippen molar-refractivity contribution < 1.29 is 17.6 Å². The third-order valence-electron chi connectivity index (χ3n) is 5.89. The van der Waals surface area contributed by atoms with Crippen molar-refractivity contribution in [3.05, 3.63) is 103 Å². The van der Waals surface area contributed by atoms with Crippen LogP contribution in [-0.4, -0.2) is 14.5 Å². The minimum absolute atomic E-state index is 0.0105. The molecule has 0 bridgehead atoms. The number of hydrogen-bond donors (Lipinski definition) is 0. The van der Waals surface area contributed by atoms with E-state index in [0.717, 1.165) is 10.8 Å². The van der Waals surface area contributed by atoms with Crippen molar-refractivity contribution in [1.29, 1.82) is 0 Å². The second kappa shape index (κ2) is 7.13. The van der Waals surface area contributed by atoms with E-state index in [9.17, 15) is 0 Å². The molecule has 6 rings (SSSR count). The van der Waals surface area contributed by atoms with Crippen LogP contribution >= 0.6 is 0 Å². The Labute approximate surface area is 184 Å². The number of fused-ring (bicyclic) bond motifs is 5. The Hall–Kier alpha value is -4.26. The fraction of sp³-hybridized carbons (Fsp3) is 0. The number of hydrogen-bond acceptors (Lipinski definition) is 2. The molecule has 7 heteroatoms. The van der Waals surface area contributed by atoms with Gasteiger partial charge in [-0.3, -0.25) is 9.97 Å². The van der Waals surface area contributed by atoms with Crippen LogP contribution in [0.15, 0.2) is 79.4 Å². The molecule has 0 atom stereocenters. The molecule has 0 aliphatic rings. The summed E-state index contributed by atoms with van der Waals surface area (Å²) in [6.45, 7) is 0. The van der Waals surface area contributed by atoms with Crippen molar-refractivity contribution >= 4 is 32.6 Å². The lowest BCUT2D eigenvalue weighted by Gasteiger charge is -2.15. The van der Waals surface area contributed by atoms with Crippen molar-refractivity contribution in [3.8, 4) is 16.8 Å². The topological polar surface area (TPSA) is 30.7 Å². The third kappa shape index (κ3) is 2.68. The molecule has 0 saturated carbocycles. The van der Waals surface area contributed by atoms with Gasteiger partial charge >= 0.3 is 0 Å². The van der Waals surface area contributed by atoms with E-state index in [1.165, 1.54) is 29.1 Å². The summed E-state index contributed by atoms with van der Waals surface area (Å²) >= 11 is 0. The summed E-state index contributed by atoms with van der Waals surface area (Å²) in [4.78, 5) is 7.96. The van der Waals surface area contributed by atoms with E-state index < -0.39 is 34.5 Å². The molecule has 3 nitrogen and oxygen atoms in total. The predicted molar refractivity (Wildman–Crippen MR) is 119 cm³/mol. The van der Waals surface area contributed by atoms with Crippen LogP contribution < -0.4 is 0 Å². The van der Waals surface area contributed by atoms with Gasteiger partial charge in [0.25, 0.3) is 0 Å². The molecular formula is C26H13F4N3. The molecule has 0 saturated heterocycles. The van der Waals surface area contributed by atoms with Crippen LogP contribution in [0.3, 0.4) is 0 Å². The maximum atomic E-state index is 15.5. The van der Waals surface area contributed by atoms with Gasteiger partial charge in [0.1, 0.15) is 5.69 Å². The van der Waals surface area contributed by atoms with Gasteiger partial charge in [0, 0.05) is 40.9 Å². The van der Waals surface area contributed by atoms with Gasteiger partial charge in [0.2, 0.25) is 0 Å². The van der Waals surface area contributed by atoms with E-state index in [1.54, 1.807) is 48.8 Å². The highest BCUT2D eigenvalue weighted by Crippen LogP contribution is 2.40. The fourth-order valence-electron chi connectivity index (χ4n) is 4.46. The summed E-state index contributed by atoms with van der Waals surface area (Å²) in [5.41, 5.74) is -0.769. The molecule has 160 valence electrons. The summed E-state index contributed by atoms with van der Waals surface area (Å²) in [7, 11) is 0. The first kappa shape index (κ1) is 19.4. The van der Waals surface area contributed by atoms with E-state index in [1.807, 2.05) is 6.07 Å². The zero-order valence-corrected chi connectivity index (χ0v) is 16.9. The fourth-order valence-corrected chi connectivity index (χ4v) is 4.46. The second-order valence-electron chi connectivity index (χ2n) is 7.62. The van der Waals surface area contributed by atoms with Crippen LogP contribution in [0.1, 0.15) is 0 Å². The molecular weight excluding hydrogens is 430 g/mol. The maximum Gasteiger partial charge on any atom is 0.186 e. The van der Waals surface area contributed by atoms with E-state index in [0.29, 0.717) is 21.8 Å². The number of pyridine rings is 2. The molecule has 6 aromatic rings. The van der Waals surface area contributed by atoms with Gasteiger partial charge in [-0.05, 0) is 41.3 Å². The highest BCUT2D eigenvalue weighted by atomic mass is 19.2. The van der Waals surface area contributed by atoms with Gasteiger partial charge in [-0.2, -0.15) is 0 Å². The molecule has 3 heterocycles. The molecule has 33 heavy (non-hydrogen) atoms. The number of aromatic nitrogens is 3. The molecule has 3 aromatic heterocycles. The predicted octanol–water partition coefficient (Wildman–Crippen LogP) is 6.95. The van der Waals surface area contributed by atoms with Crippen LogP contribution in [0.25, 0.3) is 49.4 Å². The quantitative estimate of drug-likeness (QED) is 0.214. The Morgan fingerprint density at radius 2 is 1.30 bits per heavy atom. The molecule has 0 aliphatic heterocycles. The lowest BCUT2D eigenvalue weighted by atomic mass is 10.0. The van der Waals surface area contributed by atoms with Gasteiger partial charge in [-0.25, -0.2) is 17.6 Å². The van der Waals surface area contributed by atoms with Crippen molar-refractivity contribution in [2.45, 2.75) is 0 Å². The monoisotopic (exact) mass is 443 g/mol. The number of benzene rings is 3.